The Morgan fingerprint density at radius 3 is 2.74 bits per heavy atom. The molecule has 0 saturated carbocycles. The average molecular weight is 420 g/mol. The second kappa shape index (κ2) is 8.63. The summed E-state index contributed by atoms with van der Waals surface area (Å²) in [6, 6.07) is 14.5. The zero-order valence-electron chi connectivity index (χ0n) is 17.8. The Morgan fingerprint density at radius 1 is 1.16 bits per heavy atom. The number of aromatic nitrogens is 1. The normalized spacial score (nSPS) is 13.6. The molecule has 0 aliphatic carbocycles. The first-order chi connectivity index (χ1) is 14.9. The number of rotatable bonds is 6. The molecule has 0 bridgehead atoms. The maximum atomic E-state index is 12.8. The minimum absolute atomic E-state index is 0.232. The van der Waals surface area contributed by atoms with Crippen LogP contribution in [0.25, 0.3) is 0 Å². The Balaban J connectivity index is 1.39. The van der Waals surface area contributed by atoms with E-state index in [1.54, 1.807) is 36.1 Å². The summed E-state index contributed by atoms with van der Waals surface area (Å²) in [6.45, 7) is 6.14. The van der Waals surface area contributed by atoms with Gasteiger partial charge in [-0.15, -0.1) is 0 Å². The van der Waals surface area contributed by atoms with Crippen LogP contribution < -0.4 is 9.64 Å². The van der Waals surface area contributed by atoms with Crippen molar-refractivity contribution in [1.29, 1.82) is 0 Å². The number of nitrogens with zero attached hydrogens (tertiary/aromatic N) is 2. The van der Waals surface area contributed by atoms with Crippen molar-refractivity contribution in [3.63, 3.8) is 0 Å². The number of amides is 1. The molecule has 1 aromatic heterocycles. The molecule has 4 rings (SSSR count). The van der Waals surface area contributed by atoms with E-state index in [0.717, 1.165) is 28.9 Å². The summed E-state index contributed by atoms with van der Waals surface area (Å²) in [6.07, 6.45) is -0.0989. The van der Waals surface area contributed by atoms with Crippen LogP contribution in [-0.4, -0.2) is 29.7 Å². The van der Waals surface area contributed by atoms with Crippen molar-refractivity contribution in [2.24, 2.45) is 0 Å². The third-order valence-corrected chi connectivity index (χ3v) is 5.42. The van der Waals surface area contributed by atoms with E-state index in [1.807, 2.05) is 38.1 Å². The summed E-state index contributed by atoms with van der Waals surface area (Å²) in [4.78, 5) is 27.2. The van der Waals surface area contributed by atoms with Crippen LogP contribution in [0.15, 0.2) is 53.1 Å². The summed E-state index contributed by atoms with van der Waals surface area (Å²) < 4.78 is 16.4. The van der Waals surface area contributed by atoms with Gasteiger partial charge in [-0.2, -0.15) is 0 Å². The molecular formula is C24H24N2O5. The van der Waals surface area contributed by atoms with Gasteiger partial charge in [-0.05, 0) is 57.0 Å². The molecule has 0 unspecified atom stereocenters. The number of benzene rings is 2. The van der Waals surface area contributed by atoms with E-state index in [2.05, 4.69) is 5.16 Å². The second-order valence-corrected chi connectivity index (χ2v) is 7.54. The van der Waals surface area contributed by atoms with Crippen molar-refractivity contribution >= 4 is 17.6 Å². The maximum absolute atomic E-state index is 12.8. The average Bonchev–Trinajstić information content (AvgIpc) is 3.35. The Kier molecular flexibility index (Phi) is 5.75. The quantitative estimate of drug-likeness (QED) is 0.561. The molecule has 7 nitrogen and oxygen atoms in total. The highest BCUT2D eigenvalue weighted by atomic mass is 16.5. The van der Waals surface area contributed by atoms with E-state index < -0.39 is 12.1 Å². The third kappa shape index (κ3) is 4.30. The van der Waals surface area contributed by atoms with E-state index in [4.69, 9.17) is 14.0 Å². The molecular weight excluding hydrogens is 396 g/mol. The SMILES string of the molecule is Cc1noc(C)c1COc1cccc(C(=O)O[C@H](C)C(=O)N2CCc3ccccc32)c1. The molecule has 0 spiro atoms. The summed E-state index contributed by atoms with van der Waals surface area (Å²) in [5.74, 6) is 0.408. The van der Waals surface area contributed by atoms with E-state index >= 15 is 0 Å². The topological polar surface area (TPSA) is 81.9 Å². The van der Waals surface area contributed by atoms with Crippen LogP contribution in [-0.2, 0) is 22.6 Å². The van der Waals surface area contributed by atoms with Crippen molar-refractivity contribution < 1.29 is 23.6 Å². The van der Waals surface area contributed by atoms with Crippen molar-refractivity contribution in [1.82, 2.24) is 5.16 Å². The number of hydrogen-bond acceptors (Lipinski definition) is 6. The molecule has 7 heteroatoms. The molecule has 1 aliphatic heterocycles. The fraction of sp³-hybridized carbons (Fsp3) is 0.292. The molecule has 1 atom stereocenters. The molecule has 0 saturated heterocycles. The number of ether oxygens (including phenoxy) is 2. The van der Waals surface area contributed by atoms with Crippen molar-refractivity contribution in [2.75, 3.05) is 11.4 Å². The lowest BCUT2D eigenvalue weighted by atomic mass is 10.2. The van der Waals surface area contributed by atoms with E-state index in [9.17, 15) is 9.59 Å². The van der Waals surface area contributed by atoms with Gasteiger partial charge in [0.15, 0.2) is 6.10 Å². The van der Waals surface area contributed by atoms with Crippen LogP contribution in [0.3, 0.4) is 0 Å². The summed E-state index contributed by atoms with van der Waals surface area (Å²) in [5.41, 5.74) is 3.96. The zero-order valence-corrected chi connectivity index (χ0v) is 17.8. The van der Waals surface area contributed by atoms with Crippen LogP contribution >= 0.6 is 0 Å². The molecule has 0 radical (unpaired) electrons. The first-order valence-corrected chi connectivity index (χ1v) is 10.2. The first-order valence-electron chi connectivity index (χ1n) is 10.2. The summed E-state index contributed by atoms with van der Waals surface area (Å²) in [5, 5.41) is 3.91. The monoisotopic (exact) mass is 420 g/mol. The number of hydrogen-bond donors (Lipinski definition) is 0. The minimum Gasteiger partial charge on any atom is -0.489 e. The minimum atomic E-state index is -0.898. The second-order valence-electron chi connectivity index (χ2n) is 7.54. The van der Waals surface area contributed by atoms with Gasteiger partial charge >= 0.3 is 5.97 Å². The fourth-order valence-corrected chi connectivity index (χ4v) is 3.64. The van der Waals surface area contributed by atoms with Gasteiger partial charge in [0.05, 0.1) is 16.8 Å². The van der Waals surface area contributed by atoms with Crippen LogP contribution in [0, 0.1) is 13.8 Å². The largest absolute Gasteiger partial charge is 0.489 e. The van der Waals surface area contributed by atoms with Gasteiger partial charge in [0.1, 0.15) is 18.1 Å². The lowest BCUT2D eigenvalue weighted by molar-refractivity contribution is -0.126. The predicted octanol–water partition coefficient (Wildman–Crippen LogP) is 4.01. The highest BCUT2D eigenvalue weighted by Crippen LogP contribution is 2.28. The molecule has 160 valence electrons. The number of carbonyl (C=O) groups is 2. The smallest absolute Gasteiger partial charge is 0.339 e. The Hall–Kier alpha value is -3.61. The molecule has 31 heavy (non-hydrogen) atoms. The van der Waals surface area contributed by atoms with Gasteiger partial charge in [-0.25, -0.2) is 4.79 Å². The van der Waals surface area contributed by atoms with Gasteiger partial charge in [0.25, 0.3) is 5.91 Å². The molecule has 0 fully saturated rings. The van der Waals surface area contributed by atoms with Gasteiger partial charge in [-0.3, -0.25) is 4.79 Å². The first kappa shape index (κ1) is 20.7. The highest BCUT2D eigenvalue weighted by Gasteiger charge is 2.30. The molecule has 0 N–H and O–H groups in total. The zero-order chi connectivity index (χ0) is 22.0. The van der Waals surface area contributed by atoms with Crippen LogP contribution in [0.5, 0.6) is 5.75 Å². The molecule has 1 amide bonds. The number of carbonyl (C=O) groups excluding carboxylic acids is 2. The summed E-state index contributed by atoms with van der Waals surface area (Å²) in [7, 11) is 0. The highest BCUT2D eigenvalue weighted by molar-refractivity contribution is 6.00. The number of para-hydroxylation sites is 1. The van der Waals surface area contributed by atoms with Gasteiger partial charge in [0.2, 0.25) is 0 Å². The number of fused-ring (bicyclic) bond motifs is 1. The van der Waals surface area contributed by atoms with Crippen LogP contribution in [0.2, 0.25) is 0 Å². The Bertz CT molecular complexity index is 1100. The number of aryl methyl sites for hydroxylation is 2. The Labute approximate surface area is 180 Å². The third-order valence-electron chi connectivity index (χ3n) is 5.42. The van der Waals surface area contributed by atoms with E-state index in [-0.39, 0.29) is 12.5 Å². The lowest BCUT2D eigenvalue weighted by Gasteiger charge is -2.21. The summed E-state index contributed by atoms with van der Waals surface area (Å²) >= 11 is 0. The van der Waals surface area contributed by atoms with Crippen molar-refractivity contribution in [3.8, 4) is 5.75 Å². The van der Waals surface area contributed by atoms with E-state index in [1.165, 1.54) is 0 Å². The number of anilines is 1. The van der Waals surface area contributed by atoms with Gasteiger partial charge in [-0.1, -0.05) is 29.4 Å². The molecule has 2 heterocycles. The van der Waals surface area contributed by atoms with E-state index in [0.29, 0.717) is 23.6 Å². The molecule has 3 aromatic rings. The van der Waals surface area contributed by atoms with Crippen molar-refractivity contribution in [2.45, 2.75) is 39.9 Å². The maximum Gasteiger partial charge on any atom is 0.339 e. The Morgan fingerprint density at radius 2 is 1.97 bits per heavy atom. The van der Waals surface area contributed by atoms with Crippen LogP contribution in [0.1, 0.15) is 39.9 Å². The van der Waals surface area contributed by atoms with Crippen molar-refractivity contribution in [3.05, 3.63) is 76.7 Å². The predicted molar refractivity (Wildman–Crippen MR) is 114 cm³/mol. The number of esters is 1. The molecule has 2 aromatic carbocycles. The standard InChI is InChI=1S/C24H24N2O5/c1-15-21(16(2)31-25-15)14-29-20-9-6-8-19(13-20)24(28)30-17(3)23(27)26-12-11-18-7-4-5-10-22(18)26/h4-10,13,17H,11-12,14H2,1-3H3/t17-/m1/s1. The van der Waals surface area contributed by atoms with Crippen LogP contribution in [0.4, 0.5) is 5.69 Å². The van der Waals surface area contributed by atoms with Gasteiger partial charge < -0.3 is 18.9 Å². The lowest BCUT2D eigenvalue weighted by Crippen LogP contribution is -2.39. The fourth-order valence-electron chi connectivity index (χ4n) is 3.64. The van der Waals surface area contributed by atoms with Gasteiger partial charge in [0, 0.05) is 12.2 Å². The molecule has 1 aliphatic rings.